The minimum absolute atomic E-state index is 0.508. The van der Waals surface area contributed by atoms with E-state index in [0.29, 0.717) is 31.2 Å². The molecular weight excluding hydrogens is 298 g/mol. The lowest BCUT2D eigenvalue weighted by Gasteiger charge is -2.09. The van der Waals surface area contributed by atoms with Crippen LogP contribution in [0.2, 0.25) is 20.1 Å². The van der Waals surface area contributed by atoms with Gasteiger partial charge in [0.05, 0.1) is 6.42 Å². The van der Waals surface area contributed by atoms with Gasteiger partial charge in [-0.3, -0.25) is 0 Å². The third-order valence-electron chi connectivity index (χ3n) is 2.18. The van der Waals surface area contributed by atoms with Gasteiger partial charge in [-0.1, -0.05) is 58.5 Å². The zero-order valence-electron chi connectivity index (χ0n) is 8.48. The van der Waals surface area contributed by atoms with E-state index in [-0.39, 0.29) is 0 Å². The Morgan fingerprint density at radius 2 is 0.882 bits per heavy atom. The molecule has 0 nitrogen and oxygen atoms in total. The summed E-state index contributed by atoms with van der Waals surface area (Å²) in [5, 5.41) is 2.03. The van der Waals surface area contributed by atoms with E-state index in [4.69, 9.17) is 46.4 Å². The molecule has 2 rings (SSSR count). The Balaban J connectivity index is 2.45. The molecule has 0 aliphatic heterocycles. The number of benzene rings is 2. The lowest BCUT2D eigenvalue weighted by atomic mass is 10.0. The molecule has 86 valence electrons. The average Bonchev–Trinajstić information content (AvgIpc) is 2.27. The second kappa shape index (κ2) is 5.49. The predicted octanol–water partition coefficient (Wildman–Crippen LogP) is 5.78. The van der Waals surface area contributed by atoms with Gasteiger partial charge in [0, 0.05) is 31.2 Å². The van der Waals surface area contributed by atoms with Gasteiger partial charge in [-0.15, -0.1) is 0 Å². The van der Waals surface area contributed by atoms with Crippen LogP contribution in [-0.4, -0.2) is 0 Å². The van der Waals surface area contributed by atoms with Gasteiger partial charge in [-0.2, -0.15) is 0 Å². The number of rotatable bonds is 2. The van der Waals surface area contributed by atoms with Gasteiger partial charge < -0.3 is 0 Å². The maximum atomic E-state index is 6.05. The molecule has 2 radical (unpaired) electrons. The summed E-state index contributed by atoms with van der Waals surface area (Å²) in [4.78, 5) is 0. The molecule has 0 aliphatic rings. The fourth-order valence-corrected chi connectivity index (χ4v) is 2.34. The molecule has 4 heteroatoms. The summed E-state index contributed by atoms with van der Waals surface area (Å²) in [5.74, 6) is 0. The van der Waals surface area contributed by atoms with E-state index in [9.17, 15) is 0 Å². The van der Waals surface area contributed by atoms with E-state index in [0.717, 1.165) is 0 Å². The standard InChI is InChI=1S/C13H6Cl4/c14-10-3-1-4-11(15)8(10)7-9-12(16)5-2-6-13(9)17/h1-6H. The van der Waals surface area contributed by atoms with Gasteiger partial charge in [0.1, 0.15) is 0 Å². The van der Waals surface area contributed by atoms with Crippen molar-refractivity contribution in [2.75, 3.05) is 0 Å². The summed E-state index contributed by atoms with van der Waals surface area (Å²) >= 11 is 24.2. The molecule has 0 amide bonds. The lowest BCUT2D eigenvalue weighted by Crippen LogP contribution is -1.90. The highest BCUT2D eigenvalue weighted by atomic mass is 35.5. The van der Waals surface area contributed by atoms with Crippen molar-refractivity contribution in [3.8, 4) is 0 Å². The highest BCUT2D eigenvalue weighted by molar-refractivity contribution is 6.38. The van der Waals surface area contributed by atoms with Crippen LogP contribution < -0.4 is 0 Å². The first-order valence-electron chi connectivity index (χ1n) is 4.74. The first-order valence-corrected chi connectivity index (χ1v) is 6.26. The van der Waals surface area contributed by atoms with Crippen LogP contribution in [0.4, 0.5) is 0 Å². The van der Waals surface area contributed by atoms with E-state index in [2.05, 4.69) is 6.42 Å². The third-order valence-corrected chi connectivity index (χ3v) is 3.44. The van der Waals surface area contributed by atoms with Crippen LogP contribution in [0.3, 0.4) is 0 Å². The van der Waals surface area contributed by atoms with Gasteiger partial charge >= 0.3 is 0 Å². The van der Waals surface area contributed by atoms with Crippen LogP contribution in [0.25, 0.3) is 0 Å². The van der Waals surface area contributed by atoms with Crippen molar-refractivity contribution in [1.29, 1.82) is 0 Å². The van der Waals surface area contributed by atoms with Crippen LogP contribution in [0.1, 0.15) is 11.1 Å². The molecule has 2 aromatic carbocycles. The molecule has 0 fully saturated rings. The van der Waals surface area contributed by atoms with Gasteiger partial charge in [0.25, 0.3) is 0 Å². The topological polar surface area (TPSA) is 0 Å². The van der Waals surface area contributed by atoms with Crippen LogP contribution in [0.15, 0.2) is 36.4 Å². The monoisotopic (exact) mass is 302 g/mol. The van der Waals surface area contributed by atoms with Gasteiger partial charge in [-0.25, -0.2) is 0 Å². The first kappa shape index (κ1) is 13.0. The van der Waals surface area contributed by atoms with Crippen molar-refractivity contribution in [3.05, 3.63) is 74.0 Å². The summed E-state index contributed by atoms with van der Waals surface area (Å²) in [6.07, 6.45) is 3.05. The van der Waals surface area contributed by atoms with Gasteiger partial charge in [0.15, 0.2) is 0 Å². The second-order valence-corrected chi connectivity index (χ2v) is 4.95. The van der Waals surface area contributed by atoms with E-state index < -0.39 is 0 Å². The summed E-state index contributed by atoms with van der Waals surface area (Å²) in [7, 11) is 0. The molecule has 0 spiro atoms. The van der Waals surface area contributed by atoms with Crippen LogP contribution in [0, 0.1) is 6.42 Å². The quantitative estimate of drug-likeness (QED) is 0.660. The minimum Gasteiger partial charge on any atom is -0.0839 e. The van der Waals surface area contributed by atoms with Crippen LogP contribution in [0.5, 0.6) is 0 Å². The lowest BCUT2D eigenvalue weighted by molar-refractivity contribution is 1.43. The summed E-state index contributed by atoms with van der Waals surface area (Å²) in [6, 6.07) is 10.5. The molecular formula is C13H6Cl4. The maximum Gasteiger partial charge on any atom is 0.0565 e. The molecule has 2 aromatic rings. The minimum atomic E-state index is 0.508. The highest BCUT2D eigenvalue weighted by Gasteiger charge is 2.12. The van der Waals surface area contributed by atoms with Crippen molar-refractivity contribution in [1.82, 2.24) is 0 Å². The zero-order chi connectivity index (χ0) is 12.4. The van der Waals surface area contributed by atoms with Crippen molar-refractivity contribution in [2.45, 2.75) is 0 Å². The maximum absolute atomic E-state index is 6.05. The molecule has 0 saturated carbocycles. The molecule has 0 saturated heterocycles. The predicted molar refractivity (Wildman–Crippen MR) is 74.4 cm³/mol. The zero-order valence-corrected chi connectivity index (χ0v) is 11.5. The Hall–Kier alpha value is -0.400. The Labute approximate surface area is 120 Å². The van der Waals surface area contributed by atoms with E-state index in [1.165, 1.54) is 0 Å². The third kappa shape index (κ3) is 2.89. The molecule has 17 heavy (non-hydrogen) atoms. The van der Waals surface area contributed by atoms with Gasteiger partial charge in [0.2, 0.25) is 0 Å². The Morgan fingerprint density at radius 1 is 0.588 bits per heavy atom. The second-order valence-electron chi connectivity index (χ2n) is 3.32. The summed E-state index contributed by atoms with van der Waals surface area (Å²) in [5.41, 5.74) is 1.18. The SMILES string of the molecule is Clc1cccc(Cl)c1[C]c1c(Cl)cccc1Cl. The van der Waals surface area contributed by atoms with Gasteiger partial charge in [-0.05, 0) is 24.3 Å². The normalized spacial score (nSPS) is 10.6. The Bertz CT molecular complexity index is 459. The molecule has 0 unspecified atom stereocenters. The summed E-state index contributed by atoms with van der Waals surface area (Å²) in [6.45, 7) is 0. The van der Waals surface area contributed by atoms with Crippen molar-refractivity contribution in [2.24, 2.45) is 0 Å². The Kier molecular flexibility index (Phi) is 4.22. The van der Waals surface area contributed by atoms with Crippen molar-refractivity contribution in [3.63, 3.8) is 0 Å². The molecule has 0 N–H and O–H groups in total. The molecule has 0 aliphatic carbocycles. The fraction of sp³-hybridized carbons (Fsp3) is 0. The van der Waals surface area contributed by atoms with Crippen LogP contribution in [-0.2, 0) is 0 Å². The first-order chi connectivity index (χ1) is 8.09. The number of halogens is 4. The van der Waals surface area contributed by atoms with E-state index in [1.54, 1.807) is 36.4 Å². The van der Waals surface area contributed by atoms with Crippen molar-refractivity contribution < 1.29 is 0 Å². The molecule has 0 heterocycles. The molecule has 0 aromatic heterocycles. The van der Waals surface area contributed by atoms with Crippen LogP contribution >= 0.6 is 46.4 Å². The Morgan fingerprint density at radius 3 is 1.18 bits per heavy atom. The number of hydrogen-bond acceptors (Lipinski definition) is 0. The summed E-state index contributed by atoms with van der Waals surface area (Å²) < 4.78 is 0. The fourth-order valence-electron chi connectivity index (χ4n) is 1.36. The smallest absolute Gasteiger partial charge is 0.0565 e. The number of hydrogen-bond donors (Lipinski definition) is 0. The van der Waals surface area contributed by atoms with E-state index >= 15 is 0 Å². The molecule has 0 atom stereocenters. The largest absolute Gasteiger partial charge is 0.0839 e. The average molecular weight is 304 g/mol. The van der Waals surface area contributed by atoms with Crippen molar-refractivity contribution >= 4 is 46.4 Å². The van der Waals surface area contributed by atoms with E-state index in [1.807, 2.05) is 0 Å². The molecule has 0 bridgehead atoms. The highest BCUT2D eigenvalue weighted by Crippen LogP contribution is 2.33.